The van der Waals surface area contributed by atoms with E-state index < -0.39 is 10.0 Å². The van der Waals surface area contributed by atoms with Crippen molar-refractivity contribution >= 4 is 21.6 Å². The Morgan fingerprint density at radius 3 is 2.57 bits per heavy atom. The highest BCUT2D eigenvalue weighted by atomic mass is 35.5. The van der Waals surface area contributed by atoms with Crippen LogP contribution < -0.4 is 10.5 Å². The van der Waals surface area contributed by atoms with Gasteiger partial charge in [-0.2, -0.15) is 0 Å². The van der Waals surface area contributed by atoms with Gasteiger partial charge in [0, 0.05) is 17.6 Å². The Bertz CT molecular complexity index is 583. The normalized spacial score (nSPS) is 18.6. The summed E-state index contributed by atoms with van der Waals surface area (Å²) in [6, 6.07) is 4.62. The fourth-order valence-corrected chi connectivity index (χ4v) is 4.82. The minimum absolute atomic E-state index is 0.189. The first kappa shape index (κ1) is 16.7. The summed E-state index contributed by atoms with van der Waals surface area (Å²) in [4.78, 5) is 0.279. The third-order valence-corrected chi connectivity index (χ3v) is 6.09. The van der Waals surface area contributed by atoms with Crippen molar-refractivity contribution in [1.82, 2.24) is 4.72 Å². The lowest BCUT2D eigenvalue weighted by Gasteiger charge is -2.30. The third kappa shape index (κ3) is 4.19. The van der Waals surface area contributed by atoms with Crippen LogP contribution in [0.5, 0.6) is 0 Å². The van der Waals surface area contributed by atoms with Crippen molar-refractivity contribution in [3.8, 4) is 0 Å². The molecule has 1 aliphatic rings. The predicted octanol–water partition coefficient (Wildman–Crippen LogP) is 2.83. The monoisotopic (exact) mass is 330 g/mol. The molecule has 1 aromatic rings. The van der Waals surface area contributed by atoms with Crippen LogP contribution in [0.15, 0.2) is 23.1 Å². The molecule has 21 heavy (non-hydrogen) atoms. The molecule has 6 heteroatoms. The largest absolute Gasteiger partial charge is 0.329 e. The van der Waals surface area contributed by atoms with Crippen molar-refractivity contribution < 1.29 is 8.42 Å². The van der Waals surface area contributed by atoms with Crippen LogP contribution in [0.2, 0.25) is 5.02 Å². The summed E-state index contributed by atoms with van der Waals surface area (Å²) < 4.78 is 27.9. The zero-order valence-electron chi connectivity index (χ0n) is 12.3. The van der Waals surface area contributed by atoms with Gasteiger partial charge in [0.25, 0.3) is 0 Å². The van der Waals surface area contributed by atoms with E-state index in [0.29, 0.717) is 23.0 Å². The molecule has 3 N–H and O–H groups in total. The zero-order valence-corrected chi connectivity index (χ0v) is 13.9. The molecule has 0 heterocycles. The molecule has 4 nitrogen and oxygen atoms in total. The molecule has 0 bridgehead atoms. The van der Waals surface area contributed by atoms with E-state index in [4.69, 9.17) is 17.3 Å². The maximum absolute atomic E-state index is 12.6. The lowest BCUT2D eigenvalue weighted by atomic mass is 9.84. The van der Waals surface area contributed by atoms with Crippen molar-refractivity contribution in [2.24, 2.45) is 11.7 Å². The first-order chi connectivity index (χ1) is 9.94. The molecule has 118 valence electrons. The Labute approximate surface area is 132 Å². The number of aryl methyl sites for hydroxylation is 1. The van der Waals surface area contributed by atoms with Gasteiger partial charge in [0.15, 0.2) is 0 Å². The van der Waals surface area contributed by atoms with Crippen molar-refractivity contribution in [2.75, 3.05) is 6.54 Å². The average molecular weight is 331 g/mol. The Hall–Kier alpha value is -0.620. The van der Waals surface area contributed by atoms with Gasteiger partial charge in [0.2, 0.25) is 10.0 Å². The van der Waals surface area contributed by atoms with Crippen LogP contribution in [0.1, 0.15) is 37.7 Å². The van der Waals surface area contributed by atoms with Crippen molar-refractivity contribution in [2.45, 2.75) is 50.0 Å². The number of nitrogens with one attached hydrogen (secondary N) is 1. The SMILES string of the molecule is Cc1cc(Cl)ccc1S(=O)(=O)NC(CN)C1CCCCC1. The third-order valence-electron chi connectivity index (χ3n) is 4.21. The van der Waals surface area contributed by atoms with Crippen LogP contribution in [-0.4, -0.2) is 21.0 Å². The van der Waals surface area contributed by atoms with Crippen molar-refractivity contribution in [3.05, 3.63) is 28.8 Å². The van der Waals surface area contributed by atoms with Gasteiger partial charge in [-0.1, -0.05) is 30.9 Å². The van der Waals surface area contributed by atoms with E-state index in [1.54, 1.807) is 25.1 Å². The highest BCUT2D eigenvalue weighted by Crippen LogP contribution is 2.27. The molecule has 0 spiro atoms. The van der Waals surface area contributed by atoms with E-state index >= 15 is 0 Å². The molecule has 0 aromatic heterocycles. The van der Waals surface area contributed by atoms with Crippen LogP contribution in [-0.2, 0) is 10.0 Å². The Kier molecular flexibility index (Phi) is 5.66. The molecular weight excluding hydrogens is 308 g/mol. The fourth-order valence-electron chi connectivity index (χ4n) is 3.05. The van der Waals surface area contributed by atoms with Gasteiger partial charge in [-0.3, -0.25) is 0 Å². The number of benzene rings is 1. The van der Waals surface area contributed by atoms with E-state index in [0.717, 1.165) is 25.7 Å². The lowest BCUT2D eigenvalue weighted by molar-refractivity contribution is 0.294. The highest BCUT2D eigenvalue weighted by Gasteiger charge is 2.28. The number of sulfonamides is 1. The quantitative estimate of drug-likeness (QED) is 0.872. The summed E-state index contributed by atoms with van der Waals surface area (Å²) in [7, 11) is -3.56. The van der Waals surface area contributed by atoms with Gasteiger partial charge >= 0.3 is 0 Å². The molecular formula is C15H23ClN2O2S. The molecule has 0 aliphatic heterocycles. The minimum Gasteiger partial charge on any atom is -0.329 e. The molecule has 1 saturated carbocycles. The van der Waals surface area contributed by atoms with Crippen molar-refractivity contribution in [3.63, 3.8) is 0 Å². The molecule has 1 aliphatic carbocycles. The first-order valence-corrected chi connectivity index (χ1v) is 9.28. The average Bonchev–Trinajstić information content (AvgIpc) is 2.45. The maximum Gasteiger partial charge on any atom is 0.241 e. The summed E-state index contributed by atoms with van der Waals surface area (Å²) in [5.74, 6) is 0.339. The van der Waals surface area contributed by atoms with Crippen molar-refractivity contribution in [1.29, 1.82) is 0 Å². The zero-order chi connectivity index (χ0) is 15.5. The lowest BCUT2D eigenvalue weighted by Crippen LogP contribution is -2.45. The first-order valence-electron chi connectivity index (χ1n) is 7.42. The number of hydrogen-bond acceptors (Lipinski definition) is 3. The van der Waals surface area contributed by atoms with Gasteiger partial charge in [0.1, 0.15) is 0 Å². The van der Waals surface area contributed by atoms with Gasteiger partial charge in [-0.15, -0.1) is 0 Å². The summed E-state index contributed by atoms with van der Waals surface area (Å²) >= 11 is 5.89. The van der Waals surface area contributed by atoms with Gasteiger partial charge in [-0.25, -0.2) is 13.1 Å². The maximum atomic E-state index is 12.6. The second kappa shape index (κ2) is 7.09. The second-order valence-electron chi connectivity index (χ2n) is 5.77. The van der Waals surface area contributed by atoms with E-state index in [1.807, 2.05) is 0 Å². The van der Waals surface area contributed by atoms with E-state index in [2.05, 4.69) is 4.72 Å². The Morgan fingerprint density at radius 1 is 1.33 bits per heavy atom. The van der Waals surface area contributed by atoms with Crippen LogP contribution in [0.4, 0.5) is 0 Å². The minimum atomic E-state index is -3.56. The Morgan fingerprint density at radius 2 is 2.00 bits per heavy atom. The van der Waals surface area contributed by atoms with Crippen LogP contribution >= 0.6 is 11.6 Å². The number of halogens is 1. The molecule has 0 radical (unpaired) electrons. The standard InChI is InChI=1S/C15H23ClN2O2S/c1-11-9-13(16)7-8-15(11)21(19,20)18-14(10-17)12-5-3-2-4-6-12/h7-9,12,14,18H,2-6,10,17H2,1H3. The van der Waals surface area contributed by atoms with E-state index in [9.17, 15) is 8.42 Å². The van der Waals surface area contributed by atoms with E-state index in [1.165, 1.54) is 6.42 Å². The summed E-state index contributed by atoms with van der Waals surface area (Å²) in [6.45, 7) is 2.08. The van der Waals surface area contributed by atoms with Crippen LogP contribution in [0, 0.1) is 12.8 Å². The molecule has 1 fully saturated rings. The van der Waals surface area contributed by atoms with Gasteiger partial charge < -0.3 is 5.73 Å². The topological polar surface area (TPSA) is 72.2 Å². The fraction of sp³-hybridized carbons (Fsp3) is 0.600. The van der Waals surface area contributed by atoms with Gasteiger partial charge in [-0.05, 0) is 49.4 Å². The number of nitrogens with two attached hydrogens (primary N) is 1. The smallest absolute Gasteiger partial charge is 0.241 e. The second-order valence-corrected chi connectivity index (χ2v) is 7.89. The summed E-state index contributed by atoms with van der Waals surface area (Å²) in [5, 5.41) is 0.536. The van der Waals surface area contributed by atoms with Crippen LogP contribution in [0.3, 0.4) is 0 Å². The predicted molar refractivity (Wildman–Crippen MR) is 85.9 cm³/mol. The molecule has 1 aromatic carbocycles. The number of hydrogen-bond donors (Lipinski definition) is 2. The molecule has 0 saturated heterocycles. The summed E-state index contributed by atoms with van der Waals surface area (Å²) in [5.41, 5.74) is 6.45. The molecule has 1 atom stereocenters. The van der Waals surface area contributed by atoms with E-state index in [-0.39, 0.29) is 10.9 Å². The molecule has 1 unspecified atom stereocenters. The van der Waals surface area contributed by atoms with Gasteiger partial charge in [0.05, 0.1) is 4.90 Å². The molecule has 0 amide bonds. The van der Waals surface area contributed by atoms with Crippen LogP contribution in [0.25, 0.3) is 0 Å². The highest BCUT2D eigenvalue weighted by molar-refractivity contribution is 7.89. The number of rotatable bonds is 5. The summed E-state index contributed by atoms with van der Waals surface area (Å²) in [6.07, 6.45) is 5.64. The Balaban J connectivity index is 2.18. The molecule has 2 rings (SSSR count).